The van der Waals surface area contributed by atoms with Gasteiger partial charge in [-0.05, 0) is 36.8 Å². The maximum absolute atomic E-state index is 12.8. The van der Waals surface area contributed by atoms with E-state index in [1.807, 2.05) is 13.0 Å². The zero-order chi connectivity index (χ0) is 21.1. The Morgan fingerprint density at radius 2 is 2.10 bits per heavy atom. The van der Waals surface area contributed by atoms with Gasteiger partial charge in [0.25, 0.3) is 11.5 Å². The number of benzene rings is 1. The van der Waals surface area contributed by atoms with E-state index in [-0.39, 0.29) is 17.4 Å². The van der Waals surface area contributed by atoms with Crippen LogP contribution in [0.1, 0.15) is 29.4 Å². The third kappa shape index (κ3) is 4.25. The maximum atomic E-state index is 12.8. The van der Waals surface area contributed by atoms with Crippen molar-refractivity contribution in [3.05, 3.63) is 80.9 Å². The van der Waals surface area contributed by atoms with Gasteiger partial charge in [0.1, 0.15) is 11.5 Å². The second-order valence-corrected chi connectivity index (χ2v) is 7.49. The van der Waals surface area contributed by atoms with Crippen molar-refractivity contribution in [1.29, 1.82) is 0 Å². The Bertz CT molecular complexity index is 1240. The van der Waals surface area contributed by atoms with Crippen LogP contribution < -0.4 is 10.9 Å². The average Bonchev–Trinajstić information content (AvgIpc) is 3.37. The minimum atomic E-state index is -0.324. The predicted molar refractivity (Wildman–Crippen MR) is 116 cm³/mol. The number of furan rings is 1. The topological polar surface area (TPSA) is 106 Å². The van der Waals surface area contributed by atoms with Gasteiger partial charge in [-0.25, -0.2) is 4.98 Å². The Morgan fingerprint density at radius 1 is 1.23 bits per heavy atom. The molecule has 0 fully saturated rings. The lowest BCUT2D eigenvalue weighted by molar-refractivity contribution is 0.102. The standard InChI is InChI=1S/C21H18BrN5O3/c1-2-5-15-11-19(28)25-21(23-15)27-18(12-16(26-27)17-8-4-9-30-17)24-20(29)13-6-3-7-14(22)10-13/h3-4,6-12H,2,5H2,1H3,(H,24,29)(H,23,25,28). The van der Waals surface area contributed by atoms with Crippen LogP contribution in [-0.2, 0) is 6.42 Å². The number of aromatic nitrogens is 4. The second-order valence-electron chi connectivity index (χ2n) is 6.58. The van der Waals surface area contributed by atoms with Gasteiger partial charge >= 0.3 is 0 Å². The number of halogens is 1. The van der Waals surface area contributed by atoms with Crippen LogP contribution in [0.15, 0.2) is 68.5 Å². The van der Waals surface area contributed by atoms with Crippen LogP contribution in [0.4, 0.5) is 5.82 Å². The summed E-state index contributed by atoms with van der Waals surface area (Å²) >= 11 is 3.37. The van der Waals surface area contributed by atoms with Crippen molar-refractivity contribution in [1.82, 2.24) is 19.7 Å². The SMILES string of the molecule is CCCc1cc(=O)[nH]c(-n2nc(-c3ccco3)cc2NC(=O)c2cccc(Br)c2)n1. The first-order valence-corrected chi connectivity index (χ1v) is 10.1. The van der Waals surface area contributed by atoms with Crippen LogP contribution in [-0.4, -0.2) is 25.7 Å². The molecule has 0 bridgehead atoms. The third-order valence-corrected chi connectivity index (χ3v) is 4.79. The van der Waals surface area contributed by atoms with Crippen LogP contribution in [0.3, 0.4) is 0 Å². The summed E-state index contributed by atoms with van der Waals surface area (Å²) in [5, 5.41) is 7.34. The van der Waals surface area contributed by atoms with Gasteiger partial charge < -0.3 is 9.73 Å². The van der Waals surface area contributed by atoms with E-state index < -0.39 is 0 Å². The van der Waals surface area contributed by atoms with E-state index in [2.05, 4.69) is 36.3 Å². The normalized spacial score (nSPS) is 10.9. The number of nitrogens with zero attached hydrogens (tertiary/aromatic N) is 3. The highest BCUT2D eigenvalue weighted by atomic mass is 79.9. The molecule has 152 valence electrons. The number of aryl methyl sites for hydroxylation is 1. The molecule has 4 aromatic rings. The Hall–Kier alpha value is -3.46. The molecule has 0 aliphatic rings. The number of carbonyl (C=O) groups excluding carboxylic acids is 1. The van der Waals surface area contributed by atoms with Gasteiger partial charge in [-0.15, -0.1) is 0 Å². The molecule has 0 aliphatic carbocycles. The minimum absolute atomic E-state index is 0.216. The fourth-order valence-electron chi connectivity index (χ4n) is 2.97. The number of anilines is 1. The third-order valence-electron chi connectivity index (χ3n) is 4.30. The molecule has 0 saturated heterocycles. The van der Waals surface area contributed by atoms with E-state index in [9.17, 15) is 9.59 Å². The van der Waals surface area contributed by atoms with Gasteiger partial charge in [0.15, 0.2) is 5.76 Å². The van der Waals surface area contributed by atoms with Crippen molar-refractivity contribution < 1.29 is 9.21 Å². The molecule has 9 heteroatoms. The van der Waals surface area contributed by atoms with E-state index >= 15 is 0 Å². The van der Waals surface area contributed by atoms with Crippen molar-refractivity contribution in [3.8, 4) is 17.4 Å². The number of rotatable bonds is 6. The Morgan fingerprint density at radius 3 is 2.83 bits per heavy atom. The number of aromatic amines is 1. The lowest BCUT2D eigenvalue weighted by atomic mass is 10.2. The van der Waals surface area contributed by atoms with E-state index in [1.54, 1.807) is 36.4 Å². The van der Waals surface area contributed by atoms with Crippen molar-refractivity contribution in [3.63, 3.8) is 0 Å². The van der Waals surface area contributed by atoms with Crippen molar-refractivity contribution >= 4 is 27.7 Å². The van der Waals surface area contributed by atoms with Crippen LogP contribution in [0.25, 0.3) is 17.4 Å². The predicted octanol–water partition coefficient (Wildman–Crippen LogP) is 4.18. The number of hydrogen-bond donors (Lipinski definition) is 2. The zero-order valence-electron chi connectivity index (χ0n) is 16.1. The average molecular weight is 468 g/mol. The summed E-state index contributed by atoms with van der Waals surface area (Å²) in [4.78, 5) is 32.1. The maximum Gasteiger partial charge on any atom is 0.256 e. The highest BCUT2D eigenvalue weighted by Gasteiger charge is 2.18. The monoisotopic (exact) mass is 467 g/mol. The van der Waals surface area contributed by atoms with E-state index in [0.29, 0.717) is 35.0 Å². The Kier molecular flexibility index (Phi) is 5.62. The lowest BCUT2D eigenvalue weighted by Gasteiger charge is -2.09. The molecule has 2 N–H and O–H groups in total. The molecule has 0 saturated carbocycles. The molecule has 8 nitrogen and oxygen atoms in total. The zero-order valence-corrected chi connectivity index (χ0v) is 17.6. The summed E-state index contributed by atoms with van der Waals surface area (Å²) in [7, 11) is 0. The smallest absolute Gasteiger partial charge is 0.256 e. The molecule has 0 atom stereocenters. The molecule has 0 aliphatic heterocycles. The van der Waals surface area contributed by atoms with Gasteiger partial charge in [0.2, 0.25) is 5.95 Å². The van der Waals surface area contributed by atoms with E-state index in [0.717, 1.165) is 10.9 Å². The van der Waals surface area contributed by atoms with Crippen molar-refractivity contribution in [2.45, 2.75) is 19.8 Å². The molecular formula is C21H18BrN5O3. The number of carbonyl (C=O) groups is 1. The number of hydrogen-bond acceptors (Lipinski definition) is 5. The van der Waals surface area contributed by atoms with Crippen molar-refractivity contribution in [2.24, 2.45) is 0 Å². The first-order valence-electron chi connectivity index (χ1n) is 9.35. The number of amides is 1. The first kappa shape index (κ1) is 19.8. The van der Waals surface area contributed by atoms with Gasteiger partial charge in [-0.3, -0.25) is 14.6 Å². The largest absolute Gasteiger partial charge is 0.463 e. The lowest BCUT2D eigenvalue weighted by Crippen LogP contribution is -2.19. The summed E-state index contributed by atoms with van der Waals surface area (Å²) in [5.41, 5.74) is 1.32. The Balaban J connectivity index is 1.78. The molecule has 1 amide bonds. The van der Waals surface area contributed by atoms with Crippen LogP contribution in [0, 0.1) is 0 Å². The summed E-state index contributed by atoms with van der Waals surface area (Å²) in [6.07, 6.45) is 3.04. The number of nitrogens with one attached hydrogen (secondary N) is 2. The molecule has 3 aromatic heterocycles. The summed E-state index contributed by atoms with van der Waals surface area (Å²) in [6, 6.07) is 13.7. The Labute approximate surface area is 180 Å². The molecule has 30 heavy (non-hydrogen) atoms. The summed E-state index contributed by atoms with van der Waals surface area (Å²) in [6.45, 7) is 2.01. The quantitative estimate of drug-likeness (QED) is 0.442. The second kappa shape index (κ2) is 8.50. The van der Waals surface area contributed by atoms with E-state index in [4.69, 9.17) is 4.42 Å². The van der Waals surface area contributed by atoms with Gasteiger partial charge in [-0.2, -0.15) is 9.78 Å². The van der Waals surface area contributed by atoms with Crippen LogP contribution >= 0.6 is 15.9 Å². The number of H-pyrrole nitrogens is 1. The summed E-state index contributed by atoms with van der Waals surface area (Å²) < 4.78 is 7.62. The minimum Gasteiger partial charge on any atom is -0.463 e. The van der Waals surface area contributed by atoms with Crippen LogP contribution in [0.2, 0.25) is 0 Å². The first-order chi connectivity index (χ1) is 14.5. The molecule has 4 rings (SSSR count). The fraction of sp³-hybridized carbons (Fsp3) is 0.143. The molecule has 3 heterocycles. The van der Waals surface area contributed by atoms with E-state index in [1.165, 1.54) is 17.0 Å². The molecular weight excluding hydrogens is 450 g/mol. The molecule has 0 radical (unpaired) electrons. The van der Waals surface area contributed by atoms with Gasteiger partial charge in [0, 0.05) is 27.9 Å². The van der Waals surface area contributed by atoms with Crippen LogP contribution in [0.5, 0.6) is 0 Å². The highest BCUT2D eigenvalue weighted by Crippen LogP contribution is 2.24. The molecule has 1 aromatic carbocycles. The highest BCUT2D eigenvalue weighted by molar-refractivity contribution is 9.10. The van der Waals surface area contributed by atoms with Crippen molar-refractivity contribution in [2.75, 3.05) is 5.32 Å². The van der Waals surface area contributed by atoms with Gasteiger partial charge in [0.05, 0.1) is 6.26 Å². The fourth-order valence-corrected chi connectivity index (χ4v) is 3.37. The summed E-state index contributed by atoms with van der Waals surface area (Å²) in [5.74, 6) is 0.769. The molecule has 0 spiro atoms. The van der Waals surface area contributed by atoms with Gasteiger partial charge in [-0.1, -0.05) is 35.3 Å². The molecule has 0 unspecified atom stereocenters.